The number of aromatic nitrogens is 2. The number of nitrogen functional groups attached to an aromatic ring is 1. The van der Waals surface area contributed by atoms with Crippen LogP contribution in [0.2, 0.25) is 0 Å². The van der Waals surface area contributed by atoms with Crippen LogP contribution in [0.3, 0.4) is 0 Å². The smallest absolute Gasteiger partial charge is 0.224 e. The predicted octanol–water partition coefficient (Wildman–Crippen LogP) is 2.39. The number of ether oxygens (including phenoxy) is 1. The van der Waals surface area contributed by atoms with Crippen LogP contribution in [0.25, 0.3) is 10.9 Å². The lowest BCUT2D eigenvalue weighted by Gasteiger charge is -2.21. The normalized spacial score (nSPS) is 11.7. The largest absolute Gasteiger partial charge is 0.471 e. The molecule has 0 amide bonds. The molecule has 4 nitrogen and oxygen atoms in total. The lowest BCUT2D eigenvalue weighted by Crippen LogP contribution is -2.23. The molecule has 84 valence electrons. The fraction of sp³-hybridized carbons (Fsp3) is 0.333. The molecule has 1 heterocycles. The molecule has 2 N–H and O–H groups in total. The third-order valence-electron chi connectivity index (χ3n) is 2.03. The highest BCUT2D eigenvalue weighted by atomic mass is 16.5. The van der Waals surface area contributed by atoms with Crippen molar-refractivity contribution < 1.29 is 4.74 Å². The summed E-state index contributed by atoms with van der Waals surface area (Å²) in [5.41, 5.74) is 6.91. The van der Waals surface area contributed by atoms with Crippen LogP contribution in [0.5, 0.6) is 5.88 Å². The van der Waals surface area contributed by atoms with Crippen LogP contribution in [0, 0.1) is 0 Å². The molecule has 1 aromatic heterocycles. The molecule has 0 bridgehead atoms. The summed E-state index contributed by atoms with van der Waals surface area (Å²) in [7, 11) is 0. The molecule has 0 radical (unpaired) electrons. The SMILES string of the molecule is CC(C)(C)Oc1ncnc2cc(N)ccc12. The molecule has 2 aromatic rings. The number of benzene rings is 1. The van der Waals surface area contributed by atoms with E-state index in [-0.39, 0.29) is 5.60 Å². The summed E-state index contributed by atoms with van der Waals surface area (Å²) in [5, 5.41) is 0.881. The molecule has 0 aliphatic carbocycles. The molecular formula is C12H15N3O. The van der Waals surface area contributed by atoms with Crippen molar-refractivity contribution in [1.29, 1.82) is 0 Å². The Hall–Kier alpha value is -1.84. The van der Waals surface area contributed by atoms with E-state index in [9.17, 15) is 0 Å². The van der Waals surface area contributed by atoms with Crippen LogP contribution < -0.4 is 10.5 Å². The second kappa shape index (κ2) is 3.63. The van der Waals surface area contributed by atoms with Gasteiger partial charge in [0, 0.05) is 5.69 Å². The summed E-state index contributed by atoms with van der Waals surface area (Å²) in [6.07, 6.45) is 1.49. The summed E-state index contributed by atoms with van der Waals surface area (Å²) in [5.74, 6) is 0.595. The topological polar surface area (TPSA) is 61.0 Å². The maximum Gasteiger partial charge on any atom is 0.224 e. The van der Waals surface area contributed by atoms with Crippen molar-refractivity contribution in [2.75, 3.05) is 5.73 Å². The standard InChI is InChI=1S/C12H15N3O/c1-12(2,3)16-11-9-5-4-8(13)6-10(9)14-7-15-11/h4-7H,13H2,1-3H3. The third kappa shape index (κ3) is 2.21. The van der Waals surface area contributed by atoms with Gasteiger partial charge in [-0.3, -0.25) is 0 Å². The first kappa shape index (κ1) is 10.7. The van der Waals surface area contributed by atoms with Gasteiger partial charge in [-0.15, -0.1) is 0 Å². The molecule has 0 fully saturated rings. The molecular weight excluding hydrogens is 202 g/mol. The molecule has 0 saturated heterocycles. The van der Waals surface area contributed by atoms with Crippen LogP contribution >= 0.6 is 0 Å². The Morgan fingerprint density at radius 2 is 1.94 bits per heavy atom. The fourth-order valence-corrected chi connectivity index (χ4v) is 1.42. The average Bonchev–Trinajstić information content (AvgIpc) is 2.15. The number of nitrogens with zero attached hydrogens (tertiary/aromatic N) is 2. The van der Waals surface area contributed by atoms with E-state index in [1.807, 2.05) is 39.0 Å². The first-order valence-electron chi connectivity index (χ1n) is 5.15. The minimum atomic E-state index is -0.275. The van der Waals surface area contributed by atoms with Crippen molar-refractivity contribution in [2.45, 2.75) is 26.4 Å². The molecule has 1 aromatic carbocycles. The number of hydrogen-bond acceptors (Lipinski definition) is 4. The van der Waals surface area contributed by atoms with Gasteiger partial charge in [0.15, 0.2) is 0 Å². The zero-order valence-electron chi connectivity index (χ0n) is 9.69. The summed E-state index contributed by atoms with van der Waals surface area (Å²) in [6, 6.07) is 5.51. The zero-order valence-corrected chi connectivity index (χ0v) is 9.69. The van der Waals surface area contributed by atoms with Crippen LogP contribution in [0.15, 0.2) is 24.5 Å². The van der Waals surface area contributed by atoms with Crippen molar-refractivity contribution in [3.8, 4) is 5.88 Å². The molecule has 4 heteroatoms. The van der Waals surface area contributed by atoms with Crippen LogP contribution in [0.1, 0.15) is 20.8 Å². The molecule has 0 atom stereocenters. The summed E-state index contributed by atoms with van der Waals surface area (Å²) in [4.78, 5) is 8.31. The Morgan fingerprint density at radius 1 is 1.19 bits per heavy atom. The molecule has 16 heavy (non-hydrogen) atoms. The highest BCUT2D eigenvalue weighted by molar-refractivity contribution is 5.85. The quantitative estimate of drug-likeness (QED) is 0.745. The third-order valence-corrected chi connectivity index (χ3v) is 2.03. The molecule has 0 aliphatic heterocycles. The molecule has 0 spiro atoms. The van der Waals surface area contributed by atoms with Gasteiger partial charge in [0.2, 0.25) is 5.88 Å². The van der Waals surface area contributed by atoms with Gasteiger partial charge >= 0.3 is 0 Å². The van der Waals surface area contributed by atoms with Crippen molar-refractivity contribution in [3.63, 3.8) is 0 Å². The van der Waals surface area contributed by atoms with E-state index in [0.717, 1.165) is 10.9 Å². The van der Waals surface area contributed by atoms with E-state index in [0.29, 0.717) is 11.6 Å². The van der Waals surface area contributed by atoms with Crippen LogP contribution in [-0.2, 0) is 0 Å². The number of rotatable bonds is 1. The van der Waals surface area contributed by atoms with Gasteiger partial charge in [0.05, 0.1) is 10.9 Å². The monoisotopic (exact) mass is 217 g/mol. The fourth-order valence-electron chi connectivity index (χ4n) is 1.42. The van der Waals surface area contributed by atoms with Crippen molar-refractivity contribution in [3.05, 3.63) is 24.5 Å². The molecule has 0 aliphatic rings. The average molecular weight is 217 g/mol. The van der Waals surface area contributed by atoms with Gasteiger partial charge < -0.3 is 10.5 Å². The Labute approximate surface area is 94.5 Å². The first-order valence-corrected chi connectivity index (χ1v) is 5.15. The highest BCUT2D eigenvalue weighted by Crippen LogP contribution is 2.25. The second-order valence-electron chi connectivity index (χ2n) is 4.67. The predicted molar refractivity (Wildman–Crippen MR) is 64.3 cm³/mol. The minimum Gasteiger partial charge on any atom is -0.471 e. The van der Waals surface area contributed by atoms with Crippen LogP contribution in [-0.4, -0.2) is 15.6 Å². The molecule has 0 saturated carbocycles. The highest BCUT2D eigenvalue weighted by Gasteiger charge is 2.15. The summed E-state index contributed by atoms with van der Waals surface area (Å²) >= 11 is 0. The van der Waals surface area contributed by atoms with E-state index in [1.54, 1.807) is 0 Å². The maximum absolute atomic E-state index is 5.76. The first-order chi connectivity index (χ1) is 7.46. The van der Waals surface area contributed by atoms with Gasteiger partial charge in [-0.2, -0.15) is 0 Å². The minimum absolute atomic E-state index is 0.275. The van der Waals surface area contributed by atoms with E-state index >= 15 is 0 Å². The summed E-state index contributed by atoms with van der Waals surface area (Å²) < 4.78 is 5.76. The summed E-state index contributed by atoms with van der Waals surface area (Å²) in [6.45, 7) is 5.95. The van der Waals surface area contributed by atoms with Gasteiger partial charge in [-0.25, -0.2) is 9.97 Å². The maximum atomic E-state index is 5.76. The van der Waals surface area contributed by atoms with E-state index in [4.69, 9.17) is 10.5 Å². The number of anilines is 1. The van der Waals surface area contributed by atoms with E-state index < -0.39 is 0 Å². The number of fused-ring (bicyclic) bond motifs is 1. The van der Waals surface area contributed by atoms with E-state index in [1.165, 1.54) is 6.33 Å². The Bertz CT molecular complexity index is 517. The van der Waals surface area contributed by atoms with Gasteiger partial charge in [0.1, 0.15) is 11.9 Å². The van der Waals surface area contributed by atoms with Gasteiger partial charge in [-0.1, -0.05) is 0 Å². The number of hydrogen-bond donors (Lipinski definition) is 1. The lowest BCUT2D eigenvalue weighted by atomic mass is 10.2. The van der Waals surface area contributed by atoms with Crippen LogP contribution in [0.4, 0.5) is 5.69 Å². The Balaban J connectivity index is 2.54. The Morgan fingerprint density at radius 3 is 2.62 bits per heavy atom. The zero-order chi connectivity index (χ0) is 11.8. The van der Waals surface area contributed by atoms with Crippen molar-refractivity contribution >= 4 is 16.6 Å². The van der Waals surface area contributed by atoms with Crippen molar-refractivity contribution in [1.82, 2.24) is 9.97 Å². The molecule has 2 rings (SSSR count). The Kier molecular flexibility index (Phi) is 2.42. The number of nitrogens with two attached hydrogens (primary N) is 1. The van der Waals surface area contributed by atoms with Gasteiger partial charge in [0.25, 0.3) is 0 Å². The lowest BCUT2D eigenvalue weighted by molar-refractivity contribution is 0.126. The van der Waals surface area contributed by atoms with Crippen molar-refractivity contribution in [2.24, 2.45) is 0 Å². The second-order valence-corrected chi connectivity index (χ2v) is 4.67. The van der Waals surface area contributed by atoms with E-state index in [2.05, 4.69) is 9.97 Å². The molecule has 0 unspecified atom stereocenters. The van der Waals surface area contributed by atoms with Gasteiger partial charge in [-0.05, 0) is 39.0 Å².